The number of pyridine rings is 1. The maximum Gasteiger partial charge on any atom is 0.416 e. The van der Waals surface area contributed by atoms with Crippen LogP contribution in [0.3, 0.4) is 0 Å². The van der Waals surface area contributed by atoms with Gasteiger partial charge in [-0.15, -0.1) is 0 Å². The Kier molecular flexibility index (Phi) is 4.21. The molecule has 0 unspecified atom stereocenters. The number of carbonyl (C=O) groups excluding carboxylic acids is 1. The normalized spacial score (nSPS) is 14.2. The molecule has 5 rings (SSSR count). The summed E-state index contributed by atoms with van der Waals surface area (Å²) >= 11 is 0. The second kappa shape index (κ2) is 6.83. The zero-order chi connectivity index (χ0) is 21.8. The number of hydrogen-bond donors (Lipinski definition) is 0. The molecule has 9 heteroatoms. The van der Waals surface area contributed by atoms with Crippen molar-refractivity contribution >= 4 is 23.3 Å². The summed E-state index contributed by atoms with van der Waals surface area (Å²) < 4.78 is 42.1. The van der Waals surface area contributed by atoms with Crippen LogP contribution in [-0.2, 0) is 12.7 Å². The minimum absolute atomic E-state index is 0.312. The first-order valence-electron chi connectivity index (χ1n) is 9.51. The fourth-order valence-electron chi connectivity index (χ4n) is 3.80. The van der Waals surface area contributed by atoms with Crippen molar-refractivity contribution in [3.8, 4) is 11.1 Å². The summed E-state index contributed by atoms with van der Waals surface area (Å²) in [6, 6.07) is 8.31. The number of carbonyl (C=O) groups is 1. The van der Waals surface area contributed by atoms with E-state index in [1.807, 2.05) is 22.7 Å². The van der Waals surface area contributed by atoms with Gasteiger partial charge in [-0.2, -0.15) is 18.3 Å². The quantitative estimate of drug-likeness (QED) is 0.487. The van der Waals surface area contributed by atoms with E-state index in [1.165, 1.54) is 17.0 Å². The first kappa shape index (κ1) is 19.1. The van der Waals surface area contributed by atoms with Gasteiger partial charge in [-0.25, -0.2) is 4.98 Å². The Morgan fingerprint density at radius 1 is 1.03 bits per heavy atom. The van der Waals surface area contributed by atoms with Crippen LogP contribution >= 0.6 is 0 Å². The number of halogens is 3. The molecule has 0 bridgehead atoms. The lowest BCUT2D eigenvalue weighted by atomic mass is 10.1. The molecule has 4 heterocycles. The molecule has 3 aromatic heterocycles. The Hall–Kier alpha value is -3.88. The molecule has 1 aliphatic rings. The number of anilines is 1. The number of hydrogen-bond acceptors (Lipinski definition) is 3. The average molecular weight is 423 g/mol. The van der Waals surface area contributed by atoms with E-state index in [4.69, 9.17) is 0 Å². The second-order valence-corrected chi connectivity index (χ2v) is 7.16. The van der Waals surface area contributed by atoms with Crippen molar-refractivity contribution in [2.24, 2.45) is 0 Å². The second-order valence-electron chi connectivity index (χ2n) is 7.16. The molecule has 31 heavy (non-hydrogen) atoms. The maximum atomic E-state index is 13.3. The number of nitrogens with zero attached hydrogens (tertiary/aromatic N) is 5. The lowest BCUT2D eigenvalue weighted by Crippen LogP contribution is -2.40. The highest BCUT2D eigenvalue weighted by atomic mass is 19.4. The molecule has 4 aromatic rings. The highest BCUT2D eigenvalue weighted by Gasteiger charge is 2.32. The Labute approximate surface area is 174 Å². The van der Waals surface area contributed by atoms with Crippen molar-refractivity contribution < 1.29 is 18.0 Å². The monoisotopic (exact) mass is 423 g/mol. The van der Waals surface area contributed by atoms with Crippen LogP contribution in [0.1, 0.15) is 21.7 Å². The lowest BCUT2D eigenvalue weighted by Gasteiger charge is -2.28. The van der Waals surface area contributed by atoms with Crippen molar-refractivity contribution in [1.82, 2.24) is 19.2 Å². The fraction of sp³-hybridized carbons (Fsp3) is 0.136. The molecule has 1 amide bonds. The van der Waals surface area contributed by atoms with E-state index in [2.05, 4.69) is 16.7 Å². The minimum atomic E-state index is -4.42. The van der Waals surface area contributed by atoms with E-state index in [9.17, 15) is 18.0 Å². The van der Waals surface area contributed by atoms with Gasteiger partial charge >= 0.3 is 6.18 Å². The predicted molar refractivity (Wildman–Crippen MR) is 110 cm³/mol. The summed E-state index contributed by atoms with van der Waals surface area (Å²) in [6.45, 7) is 4.54. The van der Waals surface area contributed by atoms with E-state index in [0.29, 0.717) is 30.0 Å². The van der Waals surface area contributed by atoms with Crippen LogP contribution in [0.15, 0.2) is 61.6 Å². The number of rotatable bonds is 3. The molecule has 0 saturated carbocycles. The number of imidazole rings is 1. The number of amides is 1. The van der Waals surface area contributed by atoms with Gasteiger partial charge in [-0.1, -0.05) is 6.58 Å². The molecule has 156 valence electrons. The van der Waals surface area contributed by atoms with Crippen LogP contribution < -0.4 is 4.90 Å². The molecule has 0 fully saturated rings. The van der Waals surface area contributed by atoms with Gasteiger partial charge in [0.1, 0.15) is 11.3 Å². The van der Waals surface area contributed by atoms with Crippen molar-refractivity contribution in [1.29, 1.82) is 0 Å². The first-order chi connectivity index (χ1) is 14.9. The van der Waals surface area contributed by atoms with E-state index in [0.717, 1.165) is 29.0 Å². The predicted octanol–water partition coefficient (Wildman–Crippen LogP) is 4.52. The highest BCUT2D eigenvalue weighted by Crippen LogP contribution is 2.33. The number of alkyl halides is 3. The SMILES string of the molecule is C=Cc1cnc2ccc(-c3cnn4c3C(=O)N(c3ccc(C(F)(F)F)cc3)CC4)cn12. The van der Waals surface area contributed by atoms with Gasteiger partial charge in [0.25, 0.3) is 5.91 Å². The Morgan fingerprint density at radius 3 is 2.52 bits per heavy atom. The van der Waals surface area contributed by atoms with Crippen LogP contribution in [-0.4, -0.2) is 31.6 Å². The van der Waals surface area contributed by atoms with E-state index >= 15 is 0 Å². The molecule has 1 aliphatic heterocycles. The largest absolute Gasteiger partial charge is 0.416 e. The third kappa shape index (κ3) is 3.09. The molecular weight excluding hydrogens is 407 g/mol. The summed E-state index contributed by atoms with van der Waals surface area (Å²) in [5.74, 6) is -0.312. The molecule has 0 radical (unpaired) electrons. The maximum absolute atomic E-state index is 13.3. The Balaban J connectivity index is 1.53. The molecule has 6 nitrogen and oxygen atoms in total. The summed E-state index contributed by atoms with van der Waals surface area (Å²) in [7, 11) is 0. The van der Waals surface area contributed by atoms with Crippen LogP contribution in [0.4, 0.5) is 18.9 Å². The summed E-state index contributed by atoms with van der Waals surface area (Å²) in [5, 5.41) is 4.34. The smallest absolute Gasteiger partial charge is 0.305 e. The summed E-state index contributed by atoms with van der Waals surface area (Å²) in [4.78, 5) is 19.1. The van der Waals surface area contributed by atoms with Crippen molar-refractivity contribution in [2.75, 3.05) is 11.4 Å². The average Bonchev–Trinajstić information content (AvgIpc) is 3.37. The van der Waals surface area contributed by atoms with Crippen LogP contribution in [0.25, 0.3) is 22.9 Å². The first-order valence-corrected chi connectivity index (χ1v) is 9.51. The van der Waals surface area contributed by atoms with E-state index in [1.54, 1.807) is 23.2 Å². The van der Waals surface area contributed by atoms with Crippen molar-refractivity contribution in [3.05, 3.63) is 78.5 Å². The third-order valence-corrected chi connectivity index (χ3v) is 5.38. The molecule has 1 aromatic carbocycles. The van der Waals surface area contributed by atoms with Crippen molar-refractivity contribution in [2.45, 2.75) is 12.7 Å². The molecule has 0 N–H and O–H groups in total. The van der Waals surface area contributed by atoms with Crippen LogP contribution in [0.5, 0.6) is 0 Å². The van der Waals surface area contributed by atoms with Crippen LogP contribution in [0, 0.1) is 0 Å². The molecule has 0 spiro atoms. The number of benzene rings is 1. The van der Waals surface area contributed by atoms with Gasteiger partial charge in [0, 0.05) is 29.6 Å². The zero-order valence-electron chi connectivity index (χ0n) is 16.2. The Morgan fingerprint density at radius 2 is 1.81 bits per heavy atom. The summed E-state index contributed by atoms with van der Waals surface area (Å²) in [6.07, 6.45) is 2.47. The fourth-order valence-corrected chi connectivity index (χ4v) is 3.80. The molecule has 0 atom stereocenters. The minimum Gasteiger partial charge on any atom is -0.305 e. The topological polar surface area (TPSA) is 55.4 Å². The zero-order valence-corrected chi connectivity index (χ0v) is 16.2. The van der Waals surface area contributed by atoms with Gasteiger partial charge in [0.05, 0.1) is 30.2 Å². The molecular formula is C22H16F3N5O. The van der Waals surface area contributed by atoms with Gasteiger partial charge in [0.2, 0.25) is 0 Å². The van der Waals surface area contributed by atoms with Gasteiger partial charge in [-0.05, 0) is 42.5 Å². The molecule has 0 saturated heterocycles. The van der Waals surface area contributed by atoms with Crippen LogP contribution in [0.2, 0.25) is 0 Å². The number of fused-ring (bicyclic) bond motifs is 2. The third-order valence-electron chi connectivity index (χ3n) is 5.38. The highest BCUT2D eigenvalue weighted by molar-refractivity contribution is 6.09. The number of aromatic nitrogens is 4. The van der Waals surface area contributed by atoms with E-state index < -0.39 is 11.7 Å². The Bertz CT molecular complexity index is 1320. The van der Waals surface area contributed by atoms with E-state index in [-0.39, 0.29) is 5.91 Å². The van der Waals surface area contributed by atoms with Gasteiger partial charge < -0.3 is 4.90 Å². The van der Waals surface area contributed by atoms with Crippen molar-refractivity contribution in [3.63, 3.8) is 0 Å². The lowest BCUT2D eigenvalue weighted by molar-refractivity contribution is -0.137. The summed E-state index contributed by atoms with van der Waals surface area (Å²) in [5.41, 5.74) is 3.04. The van der Waals surface area contributed by atoms with Gasteiger partial charge in [0.15, 0.2) is 0 Å². The standard InChI is InChI=1S/C22H16F3N5O/c1-2-16-11-26-19-8-3-14(13-29(16)19)18-12-27-30-10-9-28(21(31)20(18)30)17-6-4-15(5-7-17)22(23,24)25/h2-8,11-13H,1,9-10H2. The molecule has 0 aliphatic carbocycles. The van der Waals surface area contributed by atoms with Gasteiger partial charge in [-0.3, -0.25) is 13.9 Å².